The molecule has 2 unspecified atom stereocenters. The normalized spacial score (nSPS) is 11.5. The highest BCUT2D eigenvalue weighted by Crippen LogP contribution is 2.39. The van der Waals surface area contributed by atoms with Gasteiger partial charge in [0.15, 0.2) is 9.84 Å². The van der Waals surface area contributed by atoms with Crippen LogP contribution in [-0.4, -0.2) is 93.5 Å². The number of thioether (sulfide) groups is 5. The van der Waals surface area contributed by atoms with Gasteiger partial charge < -0.3 is 15.2 Å². The zero-order chi connectivity index (χ0) is 82.2. The fraction of sp³-hybridized carbons (Fsp3) is 0.376. The molecule has 0 spiro atoms. The highest BCUT2D eigenvalue weighted by molar-refractivity contribution is 9.11. The van der Waals surface area contributed by atoms with Crippen LogP contribution in [0.15, 0.2) is 220 Å². The maximum absolute atomic E-state index is 13.6. The molecule has 113 heavy (non-hydrogen) atoms. The van der Waals surface area contributed by atoms with Gasteiger partial charge in [0.2, 0.25) is 9.84 Å². The molecule has 0 saturated heterocycles. The first-order chi connectivity index (χ1) is 53.7. The van der Waals surface area contributed by atoms with Crippen molar-refractivity contribution in [3.63, 3.8) is 0 Å². The van der Waals surface area contributed by atoms with Crippen molar-refractivity contribution in [1.82, 2.24) is 15.0 Å². The van der Waals surface area contributed by atoms with Gasteiger partial charge in [-0.1, -0.05) is 165 Å². The first kappa shape index (κ1) is 100. The first-order valence-electron chi connectivity index (χ1n) is 36.8. The molecule has 614 valence electrons. The Morgan fingerprint density at radius 2 is 0.920 bits per heavy atom. The molecule has 2 atom stereocenters. The summed E-state index contributed by atoms with van der Waals surface area (Å²) < 4.78 is 105. The van der Waals surface area contributed by atoms with Gasteiger partial charge in [0.25, 0.3) is 0 Å². The Kier molecular flexibility index (Phi) is 48.2. The third-order valence-corrected chi connectivity index (χ3v) is 29.1. The third-order valence-electron chi connectivity index (χ3n) is 16.5. The summed E-state index contributed by atoms with van der Waals surface area (Å²) in [6.07, 6.45) is 24.1. The SMILES string of the molecule is C.CC.CCCCC(CC)COC(=O)CCSc1cc(Br)cc(SC)c1.CCCCC(CC)COC(=O)CCSc1cc(SC)cc(-c2cccc(F)c2)c1.CCc1ncc(Br)s1.CCc1ncc(Sc2cc(SC)cc(-c3cccc(F)c3)c2)s1.CS(=O)(=O)c1cc(-c2cccc(F)c2)cc(S(=O)(=O)c2cnc(CN)s2)c1. The second-order valence-electron chi connectivity index (χ2n) is 24.7. The maximum Gasteiger partial charge on any atom is 0.306 e. The number of rotatable bonds is 34. The van der Waals surface area contributed by atoms with Gasteiger partial charge in [-0.15, -0.1) is 92.8 Å². The van der Waals surface area contributed by atoms with Crippen LogP contribution in [0.2, 0.25) is 0 Å². The van der Waals surface area contributed by atoms with Crippen LogP contribution in [0.4, 0.5) is 13.2 Å². The Bertz CT molecular complexity index is 4760. The molecule has 0 radical (unpaired) electrons. The van der Waals surface area contributed by atoms with Gasteiger partial charge in [-0.25, -0.2) is 45.0 Å². The van der Waals surface area contributed by atoms with E-state index in [-0.39, 0.29) is 57.1 Å². The van der Waals surface area contributed by atoms with Crippen LogP contribution in [0.3, 0.4) is 0 Å². The lowest BCUT2D eigenvalue weighted by atomic mass is 10.0. The lowest BCUT2D eigenvalue weighted by Crippen LogP contribution is -2.14. The summed E-state index contributed by atoms with van der Waals surface area (Å²) in [6, 6.07) is 41.6. The molecule has 0 bridgehead atoms. The van der Waals surface area contributed by atoms with Crippen LogP contribution < -0.4 is 5.73 Å². The second kappa shape index (κ2) is 54.2. The number of halogens is 5. The smallest absolute Gasteiger partial charge is 0.306 e. The van der Waals surface area contributed by atoms with E-state index in [2.05, 4.69) is 155 Å². The maximum atomic E-state index is 13.6. The number of nitrogens with two attached hydrogens (primary N) is 1. The molecule has 0 aliphatic heterocycles. The molecule has 0 saturated carbocycles. The average molecular weight is 1880 g/mol. The molecule has 12 nitrogen and oxygen atoms in total. The van der Waals surface area contributed by atoms with Gasteiger partial charge in [-0.3, -0.25) is 9.59 Å². The van der Waals surface area contributed by atoms with E-state index in [9.17, 15) is 39.6 Å². The highest BCUT2D eigenvalue weighted by Gasteiger charge is 2.25. The number of carbonyl (C=O) groups excluding carboxylic acids is 2. The third kappa shape index (κ3) is 36.5. The molecular formula is C85H105Br2F3N4O8S11. The van der Waals surface area contributed by atoms with E-state index in [0.29, 0.717) is 54.2 Å². The van der Waals surface area contributed by atoms with E-state index in [1.54, 1.807) is 124 Å². The Morgan fingerprint density at radius 3 is 1.33 bits per heavy atom. The van der Waals surface area contributed by atoms with Crippen molar-refractivity contribution in [2.45, 2.75) is 194 Å². The van der Waals surface area contributed by atoms with Crippen molar-refractivity contribution in [2.75, 3.05) is 49.7 Å². The van der Waals surface area contributed by atoms with Crippen LogP contribution in [0, 0.1) is 29.3 Å². The molecule has 7 aromatic carbocycles. The van der Waals surface area contributed by atoms with Crippen LogP contribution in [0.1, 0.15) is 142 Å². The molecule has 0 aliphatic carbocycles. The number of aryl methyl sites for hydroxylation is 2. The number of ether oxygens (including phenoxy) is 2. The number of sulfone groups is 2. The van der Waals surface area contributed by atoms with Crippen molar-refractivity contribution >= 4 is 168 Å². The van der Waals surface area contributed by atoms with Crippen LogP contribution >= 0.6 is 136 Å². The minimum Gasteiger partial charge on any atom is -0.465 e. The van der Waals surface area contributed by atoms with Gasteiger partial charge in [0.1, 0.15) is 26.7 Å². The fourth-order valence-electron chi connectivity index (χ4n) is 10.3. The molecule has 0 aliphatic rings. The minimum absolute atomic E-state index is 0. The number of carbonyl (C=O) groups is 2. The van der Waals surface area contributed by atoms with E-state index in [0.717, 1.165) is 118 Å². The summed E-state index contributed by atoms with van der Waals surface area (Å²) in [6.45, 7) is 18.1. The highest BCUT2D eigenvalue weighted by atomic mass is 79.9. The van der Waals surface area contributed by atoms with Crippen molar-refractivity contribution in [3.8, 4) is 33.4 Å². The van der Waals surface area contributed by atoms with Crippen molar-refractivity contribution in [2.24, 2.45) is 17.6 Å². The van der Waals surface area contributed by atoms with Crippen LogP contribution in [0.5, 0.6) is 0 Å². The van der Waals surface area contributed by atoms with Gasteiger partial charge in [-0.05, 0) is 215 Å². The largest absolute Gasteiger partial charge is 0.465 e. The predicted molar refractivity (Wildman–Crippen MR) is 486 cm³/mol. The monoisotopic (exact) mass is 1880 g/mol. The standard InChI is InChI=1S/C24H31FO2S2.C18H27BrO2S2.C18H16FNS3.C17H15FN2O4S3.C5H6BrNS.C2H6.CH4/c1-4-6-8-18(5-2)17-27-24(26)11-12-29-23-15-20(14-22(16-23)28-3)19-9-7-10-21(25)13-19;1-4-6-7-14(5-2)13-21-18(20)8-9-23-17-11-15(19)10-16(12-17)22-3;1-3-17-20-11-18(23-17)22-16-9-13(8-15(10-16)21-2)12-5-4-6-14(19)7-12;1-26(21,22)14-6-12(11-3-2-4-13(18)5-11)7-15(8-14)27(23,24)17-10-20-16(9-19)25-17;1-2-5-7-3-4(6)8-5;1-2;/h7,9-10,13-16,18H,4-6,8,11-12,17H2,1-3H3;10-12,14H,4-9,13H2,1-3H3;4-11H,3H2,1-2H3;2-8,10H,9,19H2,1H3;3H,2H2,1H3;1-2H3;1H4. The molecule has 2 N–H and O–H groups in total. The lowest BCUT2D eigenvalue weighted by molar-refractivity contribution is -0.145. The summed E-state index contributed by atoms with van der Waals surface area (Å²) in [5, 5.41) is 2.79. The van der Waals surface area contributed by atoms with E-state index >= 15 is 0 Å². The van der Waals surface area contributed by atoms with E-state index in [1.807, 2.05) is 44.6 Å². The van der Waals surface area contributed by atoms with Crippen LogP contribution in [0.25, 0.3) is 33.4 Å². The average Bonchev–Trinajstić information content (AvgIpc) is 1.76. The van der Waals surface area contributed by atoms with Crippen molar-refractivity contribution in [1.29, 1.82) is 0 Å². The number of unbranched alkanes of at least 4 members (excludes halogenated alkanes) is 2. The number of esters is 2. The Morgan fingerprint density at radius 1 is 0.504 bits per heavy atom. The summed E-state index contributed by atoms with van der Waals surface area (Å²) in [5.41, 5.74) is 9.92. The number of hydrogen-bond acceptors (Lipinski definition) is 21. The van der Waals surface area contributed by atoms with Crippen molar-refractivity contribution < 1.29 is 49.1 Å². The Labute approximate surface area is 724 Å². The number of hydrogen-bond donors (Lipinski definition) is 1. The second-order valence-corrected chi connectivity index (χ2v) is 40.9. The fourth-order valence-corrected chi connectivity index (χ4v) is 21.2. The molecule has 3 heterocycles. The molecule has 3 aromatic heterocycles. The first-order valence-corrected chi connectivity index (χ1v) is 50.7. The van der Waals surface area contributed by atoms with E-state index in [4.69, 9.17) is 15.2 Å². The molecule has 28 heteroatoms. The Balaban J connectivity index is 0.000000305. The van der Waals surface area contributed by atoms with E-state index in [1.165, 1.54) is 98.2 Å². The number of nitrogens with zero attached hydrogens (tertiary/aromatic N) is 3. The molecule has 0 amide bonds. The number of benzene rings is 7. The van der Waals surface area contributed by atoms with Crippen LogP contribution in [-0.2, 0) is 58.1 Å². The quantitative estimate of drug-likeness (QED) is 0.0296. The molecule has 10 aromatic rings. The minimum atomic E-state index is -4.01. The topological polar surface area (TPSA) is 186 Å². The summed E-state index contributed by atoms with van der Waals surface area (Å²) in [5.74, 6) is 1.25. The molecular weight excluding hydrogens is 1770 g/mol. The summed E-state index contributed by atoms with van der Waals surface area (Å²) >= 11 is 21.3. The van der Waals surface area contributed by atoms with Gasteiger partial charge in [0.05, 0.1) is 72.4 Å². The number of thiazole rings is 3. The summed E-state index contributed by atoms with van der Waals surface area (Å²) in [7, 11) is -7.71. The lowest BCUT2D eigenvalue weighted by Gasteiger charge is -2.14. The summed E-state index contributed by atoms with van der Waals surface area (Å²) in [4.78, 5) is 43.0. The van der Waals surface area contributed by atoms with Gasteiger partial charge in [0, 0.05) is 58.2 Å². The van der Waals surface area contributed by atoms with E-state index < -0.39 is 25.5 Å². The van der Waals surface area contributed by atoms with Gasteiger partial charge in [-0.2, -0.15) is 0 Å². The molecule has 0 fully saturated rings. The zero-order valence-electron chi connectivity index (χ0n) is 65.3. The van der Waals surface area contributed by atoms with Gasteiger partial charge >= 0.3 is 11.9 Å². The Hall–Kier alpha value is -4.92. The molecule has 10 rings (SSSR count). The van der Waals surface area contributed by atoms with Crippen molar-refractivity contribution in [3.05, 3.63) is 205 Å². The zero-order valence-corrected chi connectivity index (χ0v) is 77.5. The number of aromatic nitrogens is 3. The predicted octanol–water partition coefficient (Wildman–Crippen LogP) is 27.0.